The first kappa shape index (κ1) is 12.5. The molecule has 5 nitrogen and oxygen atoms in total. The van der Waals surface area contributed by atoms with Crippen LogP contribution in [0.3, 0.4) is 0 Å². The summed E-state index contributed by atoms with van der Waals surface area (Å²) in [7, 11) is 1.65. The Hall–Kier alpha value is -0.910. The third-order valence-corrected chi connectivity index (χ3v) is 3.57. The van der Waals surface area contributed by atoms with Crippen molar-refractivity contribution in [1.82, 2.24) is 9.78 Å². The molecule has 0 radical (unpaired) electrons. The van der Waals surface area contributed by atoms with Gasteiger partial charge in [-0.3, -0.25) is 4.68 Å². The molecule has 5 heteroatoms. The van der Waals surface area contributed by atoms with Crippen LogP contribution in [-0.2, 0) is 16.0 Å². The van der Waals surface area contributed by atoms with Crippen LogP contribution in [0.1, 0.15) is 31.6 Å². The molecule has 0 bridgehead atoms. The molecule has 96 valence electrons. The van der Waals surface area contributed by atoms with E-state index in [1.165, 1.54) is 0 Å². The predicted molar refractivity (Wildman–Crippen MR) is 62.7 cm³/mol. The summed E-state index contributed by atoms with van der Waals surface area (Å²) in [6.45, 7) is 4.01. The molecule has 17 heavy (non-hydrogen) atoms. The second-order valence-electron chi connectivity index (χ2n) is 4.36. The maximum absolute atomic E-state index is 10.6. The van der Waals surface area contributed by atoms with Crippen molar-refractivity contribution in [3.63, 3.8) is 0 Å². The average Bonchev–Trinajstić information content (AvgIpc) is 2.86. The van der Waals surface area contributed by atoms with Crippen molar-refractivity contribution in [3.05, 3.63) is 18.0 Å². The van der Waals surface area contributed by atoms with Crippen LogP contribution in [-0.4, -0.2) is 40.8 Å². The zero-order chi connectivity index (χ0) is 12.3. The zero-order valence-electron chi connectivity index (χ0n) is 10.4. The van der Waals surface area contributed by atoms with E-state index in [0.29, 0.717) is 26.1 Å². The molecule has 0 spiro atoms. The molecule has 0 amide bonds. The van der Waals surface area contributed by atoms with Gasteiger partial charge in [0, 0.05) is 45.9 Å². The molecule has 1 saturated heterocycles. The Balaban J connectivity index is 2.24. The van der Waals surface area contributed by atoms with Gasteiger partial charge in [0.2, 0.25) is 0 Å². The minimum absolute atomic E-state index is 0.537. The number of rotatable bonds is 4. The standard InChI is InChI=1S/C12H20N2O3/c1-3-14-10(4-7-13-14)11(15)12(16-2)5-8-17-9-6-12/h4,7,11,15H,3,5-6,8-9H2,1-2H3. The van der Waals surface area contributed by atoms with Gasteiger partial charge in [0.1, 0.15) is 11.7 Å². The number of ether oxygens (including phenoxy) is 2. The van der Waals surface area contributed by atoms with Gasteiger partial charge < -0.3 is 14.6 Å². The number of hydrogen-bond donors (Lipinski definition) is 1. The topological polar surface area (TPSA) is 56.5 Å². The van der Waals surface area contributed by atoms with Gasteiger partial charge in [0.25, 0.3) is 0 Å². The highest BCUT2D eigenvalue weighted by Crippen LogP contribution is 2.37. The molecule has 0 aromatic carbocycles. The van der Waals surface area contributed by atoms with E-state index in [0.717, 1.165) is 12.2 Å². The van der Waals surface area contributed by atoms with Crippen LogP contribution in [0.15, 0.2) is 12.3 Å². The van der Waals surface area contributed by atoms with E-state index in [9.17, 15) is 5.11 Å². The van der Waals surface area contributed by atoms with Crippen molar-refractivity contribution < 1.29 is 14.6 Å². The van der Waals surface area contributed by atoms with Gasteiger partial charge >= 0.3 is 0 Å². The molecular weight excluding hydrogens is 220 g/mol. The fourth-order valence-electron chi connectivity index (χ4n) is 2.42. The number of aromatic nitrogens is 2. The molecule has 1 aromatic rings. The van der Waals surface area contributed by atoms with Crippen molar-refractivity contribution in [2.75, 3.05) is 20.3 Å². The van der Waals surface area contributed by atoms with Gasteiger partial charge in [-0.15, -0.1) is 0 Å². The third kappa shape index (κ3) is 2.22. The Bertz CT molecular complexity index is 358. The number of methoxy groups -OCH3 is 1. The van der Waals surface area contributed by atoms with Crippen LogP contribution < -0.4 is 0 Å². The van der Waals surface area contributed by atoms with Crippen molar-refractivity contribution >= 4 is 0 Å². The quantitative estimate of drug-likeness (QED) is 0.857. The lowest BCUT2D eigenvalue weighted by atomic mass is 9.86. The highest BCUT2D eigenvalue weighted by molar-refractivity contribution is 5.11. The highest BCUT2D eigenvalue weighted by atomic mass is 16.5. The number of aliphatic hydroxyl groups is 1. The number of nitrogens with zero attached hydrogens (tertiary/aromatic N) is 2. The second kappa shape index (κ2) is 5.16. The van der Waals surface area contributed by atoms with Crippen molar-refractivity contribution in [2.24, 2.45) is 0 Å². The van der Waals surface area contributed by atoms with E-state index in [4.69, 9.17) is 9.47 Å². The summed E-state index contributed by atoms with van der Waals surface area (Å²) in [6.07, 6.45) is 2.47. The van der Waals surface area contributed by atoms with Gasteiger partial charge in [0.05, 0.1) is 5.69 Å². The zero-order valence-corrected chi connectivity index (χ0v) is 10.4. The maximum Gasteiger partial charge on any atom is 0.125 e. The lowest BCUT2D eigenvalue weighted by Crippen LogP contribution is -2.44. The van der Waals surface area contributed by atoms with Gasteiger partial charge in [-0.05, 0) is 13.0 Å². The Morgan fingerprint density at radius 2 is 2.29 bits per heavy atom. The molecule has 1 unspecified atom stereocenters. The monoisotopic (exact) mass is 240 g/mol. The molecule has 1 atom stereocenters. The predicted octanol–water partition coefficient (Wildman–Crippen LogP) is 1.13. The fourth-order valence-corrected chi connectivity index (χ4v) is 2.42. The Kier molecular flexibility index (Phi) is 3.81. The third-order valence-electron chi connectivity index (χ3n) is 3.57. The first-order valence-electron chi connectivity index (χ1n) is 6.06. The molecule has 1 aliphatic rings. The molecule has 1 N–H and O–H groups in total. The average molecular weight is 240 g/mol. The molecule has 2 heterocycles. The molecule has 1 fully saturated rings. The lowest BCUT2D eigenvalue weighted by molar-refractivity contribution is -0.156. The largest absolute Gasteiger partial charge is 0.384 e. The first-order chi connectivity index (χ1) is 8.23. The van der Waals surface area contributed by atoms with E-state index in [-0.39, 0.29) is 0 Å². The number of aliphatic hydroxyl groups excluding tert-OH is 1. The Morgan fingerprint density at radius 1 is 1.59 bits per heavy atom. The summed E-state index contributed by atoms with van der Waals surface area (Å²) in [5.41, 5.74) is 0.279. The van der Waals surface area contributed by atoms with E-state index in [1.807, 2.05) is 13.0 Å². The van der Waals surface area contributed by atoms with Crippen LogP contribution in [0.4, 0.5) is 0 Å². The van der Waals surface area contributed by atoms with Gasteiger partial charge in [-0.1, -0.05) is 0 Å². The van der Waals surface area contributed by atoms with Crippen LogP contribution in [0.2, 0.25) is 0 Å². The van der Waals surface area contributed by atoms with Gasteiger partial charge in [0.15, 0.2) is 0 Å². The Labute approximate surface area is 101 Å². The number of hydrogen-bond acceptors (Lipinski definition) is 4. The maximum atomic E-state index is 10.6. The Morgan fingerprint density at radius 3 is 2.88 bits per heavy atom. The minimum atomic E-state index is -0.654. The molecule has 1 aromatic heterocycles. The van der Waals surface area contributed by atoms with Crippen LogP contribution in [0.5, 0.6) is 0 Å². The molecule has 1 aliphatic heterocycles. The summed E-state index contributed by atoms with van der Waals surface area (Å²) in [6, 6.07) is 1.85. The highest BCUT2D eigenvalue weighted by Gasteiger charge is 2.41. The molecule has 0 saturated carbocycles. The summed E-state index contributed by atoms with van der Waals surface area (Å²) in [5, 5.41) is 14.7. The smallest absolute Gasteiger partial charge is 0.125 e. The van der Waals surface area contributed by atoms with Crippen molar-refractivity contribution in [1.29, 1.82) is 0 Å². The van der Waals surface area contributed by atoms with Crippen LogP contribution in [0, 0.1) is 0 Å². The molecular formula is C12H20N2O3. The van der Waals surface area contributed by atoms with Gasteiger partial charge in [-0.2, -0.15) is 5.10 Å². The molecule has 2 rings (SSSR count). The summed E-state index contributed by atoms with van der Waals surface area (Å²) >= 11 is 0. The fraction of sp³-hybridized carbons (Fsp3) is 0.750. The van der Waals surface area contributed by atoms with E-state index in [1.54, 1.807) is 18.0 Å². The normalized spacial score (nSPS) is 21.4. The first-order valence-corrected chi connectivity index (χ1v) is 6.06. The van der Waals surface area contributed by atoms with Crippen LogP contribution in [0.25, 0.3) is 0 Å². The SMILES string of the molecule is CCn1nccc1C(O)C1(OC)CCOCC1. The number of aryl methyl sites for hydroxylation is 1. The summed E-state index contributed by atoms with van der Waals surface area (Å²) in [4.78, 5) is 0. The second-order valence-corrected chi connectivity index (χ2v) is 4.36. The van der Waals surface area contributed by atoms with E-state index < -0.39 is 11.7 Å². The summed E-state index contributed by atoms with van der Waals surface area (Å²) in [5.74, 6) is 0. The van der Waals surface area contributed by atoms with Crippen molar-refractivity contribution in [3.8, 4) is 0 Å². The van der Waals surface area contributed by atoms with Gasteiger partial charge in [-0.25, -0.2) is 0 Å². The minimum Gasteiger partial charge on any atom is -0.384 e. The van der Waals surface area contributed by atoms with E-state index >= 15 is 0 Å². The van der Waals surface area contributed by atoms with Crippen molar-refractivity contribution in [2.45, 2.75) is 38.0 Å². The summed E-state index contributed by atoms with van der Waals surface area (Å²) < 4.78 is 12.7. The lowest BCUT2D eigenvalue weighted by Gasteiger charge is -2.39. The molecule has 0 aliphatic carbocycles. The van der Waals surface area contributed by atoms with E-state index in [2.05, 4.69) is 5.10 Å². The van der Waals surface area contributed by atoms with Crippen LogP contribution >= 0.6 is 0 Å².